The molecule has 8 heteroatoms. The molecule has 3 aromatic carbocycles. The fourth-order valence-electron chi connectivity index (χ4n) is 3.26. The average molecular weight is 544 g/mol. The summed E-state index contributed by atoms with van der Waals surface area (Å²) in [6, 6.07) is 19.4. The largest absolute Gasteiger partial charge is 0.490 e. The molecule has 0 N–H and O–H groups in total. The molecule has 1 amide bonds. The van der Waals surface area contributed by atoms with Crippen molar-refractivity contribution < 1.29 is 18.7 Å². The van der Waals surface area contributed by atoms with E-state index in [0.29, 0.717) is 37.4 Å². The third-order valence-electron chi connectivity index (χ3n) is 4.77. The number of halogens is 2. The Labute approximate surface area is 209 Å². The van der Waals surface area contributed by atoms with Crippen LogP contribution >= 0.6 is 39.9 Å². The predicted molar refractivity (Wildman–Crippen MR) is 138 cm³/mol. The number of anilines is 1. The van der Waals surface area contributed by atoms with Gasteiger partial charge in [-0.05, 0) is 64.8 Å². The number of hydrogen-bond donors (Lipinski definition) is 0. The molecule has 33 heavy (non-hydrogen) atoms. The lowest BCUT2D eigenvalue weighted by atomic mass is 10.1. The van der Waals surface area contributed by atoms with E-state index in [2.05, 4.69) is 15.9 Å². The average Bonchev–Trinajstić information content (AvgIpc) is 3.07. The highest BCUT2D eigenvalue weighted by Gasteiger charge is 2.33. The molecule has 1 aliphatic rings. The highest BCUT2D eigenvalue weighted by molar-refractivity contribution is 9.10. The number of carbonyl (C=O) groups excluding carboxylic acids is 1. The first kappa shape index (κ1) is 23.5. The minimum atomic E-state index is -0.330. The highest BCUT2D eigenvalue weighted by Crippen LogP contribution is 2.40. The maximum absolute atomic E-state index is 14.0. The molecule has 0 bridgehead atoms. The van der Waals surface area contributed by atoms with Gasteiger partial charge in [0.2, 0.25) is 0 Å². The Balaban J connectivity index is 1.61. The zero-order valence-electron chi connectivity index (χ0n) is 17.6. The van der Waals surface area contributed by atoms with Crippen LogP contribution < -0.4 is 14.4 Å². The van der Waals surface area contributed by atoms with Gasteiger partial charge in [-0.2, -0.15) is 0 Å². The van der Waals surface area contributed by atoms with Crippen LogP contribution in [-0.4, -0.2) is 16.8 Å². The summed E-state index contributed by atoms with van der Waals surface area (Å²) in [7, 11) is 0. The van der Waals surface area contributed by atoms with Gasteiger partial charge in [0.25, 0.3) is 5.91 Å². The summed E-state index contributed by atoms with van der Waals surface area (Å²) in [4.78, 5) is 15.1. The van der Waals surface area contributed by atoms with Crippen molar-refractivity contribution in [3.05, 3.63) is 93.1 Å². The third kappa shape index (κ3) is 5.29. The Morgan fingerprint density at radius 3 is 2.55 bits per heavy atom. The summed E-state index contributed by atoms with van der Waals surface area (Å²) < 4.78 is 26.8. The number of thiocarbonyl (C=S) groups is 1. The molecule has 0 spiro atoms. The normalized spacial score (nSPS) is 14.8. The minimum Gasteiger partial charge on any atom is -0.490 e. The zero-order valence-corrected chi connectivity index (χ0v) is 20.8. The smallest absolute Gasteiger partial charge is 0.270 e. The highest BCUT2D eigenvalue weighted by atomic mass is 79.9. The number of ether oxygens (including phenoxy) is 2. The van der Waals surface area contributed by atoms with Crippen molar-refractivity contribution in [3.8, 4) is 11.5 Å². The van der Waals surface area contributed by atoms with Crippen molar-refractivity contribution in [1.29, 1.82) is 0 Å². The number of para-hydroxylation sites is 1. The predicted octanol–water partition coefficient (Wildman–Crippen LogP) is 6.97. The molecule has 4 rings (SSSR count). The van der Waals surface area contributed by atoms with Gasteiger partial charge in [-0.25, -0.2) is 4.39 Å². The summed E-state index contributed by atoms with van der Waals surface area (Å²) in [5, 5.41) is 0. The second-order valence-electron chi connectivity index (χ2n) is 7.00. The Hall–Kier alpha value is -2.68. The number of benzene rings is 3. The van der Waals surface area contributed by atoms with Crippen molar-refractivity contribution in [2.24, 2.45) is 0 Å². The van der Waals surface area contributed by atoms with E-state index in [1.807, 2.05) is 43.3 Å². The monoisotopic (exact) mass is 543 g/mol. The van der Waals surface area contributed by atoms with Crippen LogP contribution in [0.5, 0.6) is 11.5 Å². The van der Waals surface area contributed by atoms with E-state index in [1.165, 1.54) is 22.7 Å². The van der Waals surface area contributed by atoms with E-state index in [0.717, 1.165) is 11.3 Å². The van der Waals surface area contributed by atoms with E-state index >= 15 is 0 Å². The van der Waals surface area contributed by atoms with Gasteiger partial charge in [-0.15, -0.1) is 0 Å². The van der Waals surface area contributed by atoms with Crippen LogP contribution in [0.3, 0.4) is 0 Å². The molecule has 0 unspecified atom stereocenters. The van der Waals surface area contributed by atoms with Gasteiger partial charge in [0.1, 0.15) is 12.4 Å². The van der Waals surface area contributed by atoms with Crippen LogP contribution in [0.15, 0.2) is 76.1 Å². The maximum atomic E-state index is 14.0. The molecule has 0 saturated carbocycles. The fourth-order valence-corrected chi connectivity index (χ4v) is 5.13. The Morgan fingerprint density at radius 1 is 1.09 bits per heavy atom. The number of amides is 1. The molecule has 3 aromatic rings. The Morgan fingerprint density at radius 2 is 1.82 bits per heavy atom. The maximum Gasteiger partial charge on any atom is 0.270 e. The van der Waals surface area contributed by atoms with Gasteiger partial charge >= 0.3 is 0 Å². The van der Waals surface area contributed by atoms with Crippen molar-refractivity contribution in [3.63, 3.8) is 0 Å². The molecular weight excluding hydrogens is 525 g/mol. The molecule has 1 heterocycles. The summed E-state index contributed by atoms with van der Waals surface area (Å²) in [6.45, 7) is 2.34. The van der Waals surface area contributed by atoms with Gasteiger partial charge in [0, 0.05) is 5.56 Å². The summed E-state index contributed by atoms with van der Waals surface area (Å²) in [6.07, 6.45) is 1.77. The van der Waals surface area contributed by atoms with Crippen molar-refractivity contribution >= 4 is 61.9 Å². The fraction of sp³-hybridized carbons (Fsp3) is 0.120. The second-order valence-corrected chi connectivity index (χ2v) is 9.53. The van der Waals surface area contributed by atoms with Crippen LogP contribution in [0.2, 0.25) is 0 Å². The number of thioether (sulfide) groups is 1. The van der Waals surface area contributed by atoms with E-state index in [9.17, 15) is 9.18 Å². The molecule has 1 saturated heterocycles. The first-order valence-electron chi connectivity index (χ1n) is 10.1. The molecule has 0 aliphatic carbocycles. The first-order chi connectivity index (χ1) is 16.0. The Bertz CT molecular complexity index is 1230. The van der Waals surface area contributed by atoms with Crippen molar-refractivity contribution in [1.82, 2.24) is 0 Å². The lowest BCUT2D eigenvalue weighted by molar-refractivity contribution is -0.113. The summed E-state index contributed by atoms with van der Waals surface area (Å²) >= 11 is 10.2. The van der Waals surface area contributed by atoms with Crippen LogP contribution in [0.25, 0.3) is 6.08 Å². The molecular formula is C25H19BrFNO3S2. The quantitative estimate of drug-likeness (QED) is 0.237. The first-order valence-corrected chi connectivity index (χ1v) is 12.1. The van der Waals surface area contributed by atoms with Crippen molar-refractivity contribution in [2.75, 3.05) is 11.5 Å². The van der Waals surface area contributed by atoms with E-state index < -0.39 is 0 Å². The number of rotatable bonds is 7. The van der Waals surface area contributed by atoms with Crippen molar-refractivity contribution in [2.45, 2.75) is 13.5 Å². The number of carbonyl (C=O) groups is 1. The van der Waals surface area contributed by atoms with Gasteiger partial charge in [0.15, 0.2) is 15.8 Å². The van der Waals surface area contributed by atoms with E-state index in [1.54, 1.807) is 30.3 Å². The SMILES string of the molecule is CCOc1cc(/C=C2/SC(=S)N(c3ccccc3)C2=O)cc(Br)c1OCc1ccccc1F. The molecule has 0 aromatic heterocycles. The van der Waals surface area contributed by atoms with Gasteiger partial charge in [-0.1, -0.05) is 60.4 Å². The standard InChI is InChI=1S/C25H19BrFNO3S2/c1-2-30-21-13-16(12-19(26)23(21)31-15-17-8-6-7-11-20(17)27)14-22-24(29)28(25(32)33-22)18-9-4-3-5-10-18/h3-14H,2,15H2,1H3/b22-14+. The van der Waals surface area contributed by atoms with Crippen LogP contribution in [0.4, 0.5) is 10.1 Å². The third-order valence-corrected chi connectivity index (χ3v) is 6.66. The molecule has 1 fully saturated rings. The van der Waals surface area contributed by atoms with E-state index in [4.69, 9.17) is 21.7 Å². The van der Waals surface area contributed by atoms with E-state index in [-0.39, 0.29) is 18.3 Å². The zero-order chi connectivity index (χ0) is 23.4. The molecule has 0 radical (unpaired) electrons. The lowest BCUT2D eigenvalue weighted by Crippen LogP contribution is -2.27. The van der Waals surface area contributed by atoms with Gasteiger partial charge in [0.05, 0.1) is 21.7 Å². The lowest BCUT2D eigenvalue weighted by Gasteiger charge is -2.15. The molecule has 1 aliphatic heterocycles. The number of hydrogen-bond acceptors (Lipinski definition) is 5. The molecule has 0 atom stereocenters. The number of nitrogens with zero attached hydrogens (tertiary/aromatic N) is 1. The van der Waals surface area contributed by atoms with Crippen LogP contribution in [0.1, 0.15) is 18.1 Å². The van der Waals surface area contributed by atoms with Gasteiger partial charge < -0.3 is 9.47 Å². The molecule has 4 nitrogen and oxygen atoms in total. The minimum absolute atomic E-state index is 0.0560. The topological polar surface area (TPSA) is 38.8 Å². The summed E-state index contributed by atoms with van der Waals surface area (Å²) in [5.74, 6) is 0.455. The molecule has 168 valence electrons. The second kappa shape index (κ2) is 10.5. The Kier molecular flexibility index (Phi) is 7.47. The van der Waals surface area contributed by atoms with Crippen LogP contribution in [0, 0.1) is 5.82 Å². The van der Waals surface area contributed by atoms with Crippen LogP contribution in [-0.2, 0) is 11.4 Å². The summed E-state index contributed by atoms with van der Waals surface area (Å²) in [5.41, 5.74) is 1.93. The van der Waals surface area contributed by atoms with Gasteiger partial charge in [-0.3, -0.25) is 9.69 Å².